The van der Waals surface area contributed by atoms with Crippen molar-refractivity contribution in [2.45, 2.75) is 32.7 Å². The first-order valence-electron chi connectivity index (χ1n) is 9.47. The third kappa shape index (κ3) is 3.22. The van der Waals surface area contributed by atoms with Crippen LogP contribution in [0.5, 0.6) is 5.75 Å². The fraction of sp³-hybridized carbons (Fsp3) is 0.474. The van der Waals surface area contributed by atoms with Gasteiger partial charge in [-0.1, -0.05) is 0 Å². The Morgan fingerprint density at radius 3 is 2.86 bits per heavy atom. The Morgan fingerprint density at radius 1 is 1.32 bits per heavy atom. The molecule has 4 heterocycles. The van der Waals surface area contributed by atoms with Crippen molar-refractivity contribution in [3.63, 3.8) is 0 Å². The molecule has 9 heteroatoms. The van der Waals surface area contributed by atoms with Gasteiger partial charge in [-0.15, -0.1) is 0 Å². The Labute approximate surface area is 162 Å². The maximum absolute atomic E-state index is 12.8. The number of nitrogens with one attached hydrogen (secondary N) is 1. The lowest BCUT2D eigenvalue weighted by Crippen LogP contribution is -2.30. The average Bonchev–Trinajstić information content (AvgIpc) is 2.95. The lowest BCUT2D eigenvalue weighted by molar-refractivity contribution is 0.0695. The van der Waals surface area contributed by atoms with Gasteiger partial charge in [0.05, 0.1) is 18.5 Å². The largest absolute Gasteiger partial charge is 0.492 e. The Balaban J connectivity index is 1.77. The molecule has 3 aromatic rings. The highest BCUT2D eigenvalue weighted by Gasteiger charge is 2.23. The van der Waals surface area contributed by atoms with Gasteiger partial charge in [0.2, 0.25) is 5.95 Å². The molecule has 0 aromatic carbocycles. The second kappa shape index (κ2) is 7.59. The number of ether oxygens (including phenoxy) is 2. The van der Waals surface area contributed by atoms with Gasteiger partial charge in [0.15, 0.2) is 5.65 Å². The highest BCUT2D eigenvalue weighted by Crippen LogP contribution is 2.29. The van der Waals surface area contributed by atoms with Crippen molar-refractivity contribution in [2.75, 3.05) is 25.1 Å². The number of hydrogen-bond donors (Lipinski definition) is 1. The average molecular weight is 384 g/mol. The van der Waals surface area contributed by atoms with E-state index < -0.39 is 0 Å². The Morgan fingerprint density at radius 2 is 2.11 bits per heavy atom. The Hall–Kier alpha value is -2.94. The van der Waals surface area contributed by atoms with Crippen LogP contribution in [0.3, 0.4) is 0 Å². The first-order chi connectivity index (χ1) is 13.6. The Bertz CT molecular complexity index is 1050. The molecule has 1 aliphatic heterocycles. The van der Waals surface area contributed by atoms with Gasteiger partial charge in [0, 0.05) is 38.6 Å². The van der Waals surface area contributed by atoms with Crippen LogP contribution >= 0.6 is 0 Å². The maximum atomic E-state index is 12.8. The minimum atomic E-state index is -0.0825. The third-order valence-corrected chi connectivity index (χ3v) is 5.03. The molecule has 0 aliphatic carbocycles. The van der Waals surface area contributed by atoms with Crippen LogP contribution in [0.2, 0.25) is 0 Å². The maximum Gasteiger partial charge on any atom is 0.330 e. The predicted octanol–water partition coefficient (Wildman–Crippen LogP) is 2.33. The lowest BCUT2D eigenvalue weighted by Gasteiger charge is -2.22. The van der Waals surface area contributed by atoms with E-state index in [-0.39, 0.29) is 11.7 Å². The number of aromatic nitrogens is 5. The van der Waals surface area contributed by atoms with Crippen LogP contribution < -0.4 is 15.7 Å². The van der Waals surface area contributed by atoms with Crippen LogP contribution in [0.4, 0.5) is 11.6 Å². The molecule has 9 nitrogen and oxygen atoms in total. The lowest BCUT2D eigenvalue weighted by atomic mass is 10.1. The van der Waals surface area contributed by atoms with Crippen LogP contribution in [0.15, 0.2) is 23.3 Å². The number of imidazole rings is 1. The summed E-state index contributed by atoms with van der Waals surface area (Å²) in [6, 6.07) is 1.88. The van der Waals surface area contributed by atoms with Gasteiger partial charge >= 0.3 is 5.69 Å². The summed E-state index contributed by atoms with van der Waals surface area (Å²) in [5.41, 5.74) is 2.75. The molecule has 0 atom stereocenters. The van der Waals surface area contributed by atoms with Crippen LogP contribution in [0.1, 0.15) is 31.5 Å². The van der Waals surface area contributed by atoms with Gasteiger partial charge in [-0.05, 0) is 26.7 Å². The first-order valence-corrected chi connectivity index (χ1v) is 9.47. The summed E-state index contributed by atoms with van der Waals surface area (Å²) >= 11 is 0. The zero-order valence-electron chi connectivity index (χ0n) is 16.3. The van der Waals surface area contributed by atoms with E-state index in [0.717, 1.165) is 24.2 Å². The number of nitrogens with zero attached hydrogens (tertiary/aromatic N) is 5. The normalized spacial score (nSPS) is 15.1. The SMILES string of the molecule is CCOc1ccnc(C)c1Nc1ncc2c(n1)n(C1CCOCC1)c(=O)n2C. The second-order valence-electron chi connectivity index (χ2n) is 6.79. The predicted molar refractivity (Wildman–Crippen MR) is 105 cm³/mol. The fourth-order valence-electron chi connectivity index (χ4n) is 3.55. The molecule has 0 unspecified atom stereocenters. The van der Waals surface area contributed by atoms with E-state index in [0.29, 0.717) is 42.7 Å². The fourth-order valence-corrected chi connectivity index (χ4v) is 3.55. The summed E-state index contributed by atoms with van der Waals surface area (Å²) in [6.45, 7) is 5.66. The van der Waals surface area contributed by atoms with Gasteiger partial charge in [0.1, 0.15) is 17.0 Å². The number of fused-ring (bicyclic) bond motifs is 1. The standard InChI is InChI=1S/C19H24N6O3/c1-4-28-15-5-8-20-12(2)16(15)22-18-21-11-14-17(23-18)25(19(26)24(14)3)13-6-9-27-10-7-13/h5,8,11,13H,4,6-7,9-10H2,1-3H3,(H,21,22,23). The molecule has 0 radical (unpaired) electrons. The number of anilines is 2. The molecule has 28 heavy (non-hydrogen) atoms. The van der Waals surface area contributed by atoms with E-state index in [2.05, 4.69) is 20.3 Å². The van der Waals surface area contributed by atoms with E-state index in [9.17, 15) is 4.79 Å². The van der Waals surface area contributed by atoms with Crippen LogP contribution in [0, 0.1) is 6.92 Å². The quantitative estimate of drug-likeness (QED) is 0.721. The van der Waals surface area contributed by atoms with Crippen LogP contribution in [0.25, 0.3) is 11.2 Å². The summed E-state index contributed by atoms with van der Waals surface area (Å²) in [4.78, 5) is 26.2. The molecule has 148 valence electrons. The van der Waals surface area contributed by atoms with Crippen molar-refractivity contribution in [1.82, 2.24) is 24.1 Å². The minimum absolute atomic E-state index is 0.0758. The van der Waals surface area contributed by atoms with Gasteiger partial charge in [-0.25, -0.2) is 9.78 Å². The zero-order valence-corrected chi connectivity index (χ0v) is 16.3. The topological polar surface area (TPSA) is 96.1 Å². The number of hydrogen-bond acceptors (Lipinski definition) is 7. The minimum Gasteiger partial charge on any atom is -0.492 e. The molecule has 0 bridgehead atoms. The summed E-state index contributed by atoms with van der Waals surface area (Å²) in [5.74, 6) is 1.09. The van der Waals surface area contributed by atoms with E-state index in [1.165, 1.54) is 0 Å². The molecule has 1 aliphatic rings. The van der Waals surface area contributed by atoms with Crippen molar-refractivity contribution < 1.29 is 9.47 Å². The second-order valence-corrected chi connectivity index (χ2v) is 6.79. The van der Waals surface area contributed by atoms with Crippen molar-refractivity contribution >= 4 is 22.8 Å². The van der Waals surface area contributed by atoms with Crippen molar-refractivity contribution in [1.29, 1.82) is 0 Å². The summed E-state index contributed by atoms with van der Waals surface area (Å²) < 4.78 is 14.5. The van der Waals surface area contributed by atoms with E-state index >= 15 is 0 Å². The third-order valence-electron chi connectivity index (χ3n) is 5.03. The number of aryl methyl sites for hydroxylation is 2. The van der Waals surface area contributed by atoms with E-state index in [1.807, 2.05) is 13.8 Å². The number of pyridine rings is 1. The summed E-state index contributed by atoms with van der Waals surface area (Å²) in [5, 5.41) is 3.22. The molecule has 1 fully saturated rings. The van der Waals surface area contributed by atoms with Crippen molar-refractivity contribution in [2.24, 2.45) is 7.05 Å². The molecule has 4 rings (SSSR count). The molecule has 0 spiro atoms. The van der Waals surface area contributed by atoms with Gasteiger partial charge in [0.25, 0.3) is 0 Å². The molecule has 1 N–H and O–H groups in total. The van der Waals surface area contributed by atoms with Crippen molar-refractivity contribution in [3.8, 4) is 5.75 Å². The molecule has 3 aromatic heterocycles. The highest BCUT2D eigenvalue weighted by molar-refractivity contribution is 5.74. The first kappa shape index (κ1) is 18.4. The van der Waals surface area contributed by atoms with Crippen LogP contribution in [-0.4, -0.2) is 43.9 Å². The zero-order chi connectivity index (χ0) is 19.7. The summed E-state index contributed by atoms with van der Waals surface area (Å²) in [7, 11) is 1.75. The summed E-state index contributed by atoms with van der Waals surface area (Å²) in [6.07, 6.45) is 4.97. The van der Waals surface area contributed by atoms with Gasteiger partial charge in [-0.3, -0.25) is 14.1 Å². The molecular formula is C19H24N6O3. The molecular weight excluding hydrogens is 360 g/mol. The Kier molecular flexibility index (Phi) is 4.99. The van der Waals surface area contributed by atoms with Gasteiger partial charge < -0.3 is 14.8 Å². The molecule has 0 saturated carbocycles. The van der Waals surface area contributed by atoms with Gasteiger partial charge in [-0.2, -0.15) is 4.98 Å². The molecule has 1 saturated heterocycles. The van der Waals surface area contributed by atoms with Crippen LogP contribution in [-0.2, 0) is 11.8 Å². The van der Waals surface area contributed by atoms with E-state index in [4.69, 9.17) is 9.47 Å². The monoisotopic (exact) mass is 384 g/mol. The van der Waals surface area contributed by atoms with E-state index in [1.54, 1.807) is 34.6 Å². The smallest absolute Gasteiger partial charge is 0.330 e. The van der Waals surface area contributed by atoms with Crippen molar-refractivity contribution in [3.05, 3.63) is 34.6 Å². The molecule has 0 amide bonds. The number of rotatable bonds is 5. The highest BCUT2D eigenvalue weighted by atomic mass is 16.5.